The van der Waals surface area contributed by atoms with Crippen molar-refractivity contribution in [1.29, 1.82) is 0 Å². The average Bonchev–Trinajstić information content (AvgIpc) is 2.81. The van der Waals surface area contributed by atoms with Crippen molar-refractivity contribution in [3.63, 3.8) is 0 Å². The highest BCUT2D eigenvalue weighted by Crippen LogP contribution is 2.17. The van der Waals surface area contributed by atoms with E-state index in [1.54, 1.807) is 12.1 Å². The molecule has 2 nitrogen and oxygen atoms in total. The first-order valence-electron chi connectivity index (χ1n) is 6.27. The molecule has 2 rings (SSSR count). The Morgan fingerprint density at radius 1 is 1.18 bits per heavy atom. The molecule has 1 saturated heterocycles. The Bertz CT molecular complexity index is 319. The lowest BCUT2D eigenvalue weighted by Gasteiger charge is -2.23. The van der Waals surface area contributed by atoms with Crippen LogP contribution in [0.2, 0.25) is 0 Å². The van der Waals surface area contributed by atoms with Gasteiger partial charge in [0.05, 0.1) is 0 Å². The van der Waals surface area contributed by atoms with Gasteiger partial charge in [-0.15, -0.1) is 12.4 Å². The van der Waals surface area contributed by atoms with Crippen LogP contribution >= 0.6 is 12.4 Å². The van der Waals surface area contributed by atoms with Gasteiger partial charge in [-0.25, -0.2) is 0 Å². The highest BCUT2D eigenvalue weighted by atomic mass is 35.5. The van der Waals surface area contributed by atoms with Crippen LogP contribution in [-0.2, 0) is 6.42 Å². The minimum absolute atomic E-state index is 0. The second kappa shape index (κ2) is 6.87. The molecular weight excluding hydrogens is 234 g/mol. The summed E-state index contributed by atoms with van der Waals surface area (Å²) in [5.41, 5.74) is 1.32. The molecule has 0 aliphatic carbocycles. The zero-order valence-electron chi connectivity index (χ0n) is 10.4. The van der Waals surface area contributed by atoms with Crippen LogP contribution in [0.3, 0.4) is 0 Å². The van der Waals surface area contributed by atoms with Crippen LogP contribution in [0.25, 0.3) is 0 Å². The van der Waals surface area contributed by atoms with E-state index >= 15 is 0 Å². The number of nitrogens with zero attached hydrogens (tertiary/aromatic N) is 1. The predicted molar refractivity (Wildman–Crippen MR) is 73.9 cm³/mol. The topological polar surface area (TPSA) is 23.5 Å². The third-order valence-corrected chi connectivity index (χ3v) is 3.55. The third-order valence-electron chi connectivity index (χ3n) is 3.55. The van der Waals surface area contributed by atoms with Crippen LogP contribution in [0.4, 0.5) is 0 Å². The highest BCUT2D eigenvalue weighted by molar-refractivity contribution is 5.85. The van der Waals surface area contributed by atoms with Gasteiger partial charge in [0.15, 0.2) is 0 Å². The summed E-state index contributed by atoms with van der Waals surface area (Å²) in [5.74, 6) is 0.358. The molecule has 0 saturated carbocycles. The van der Waals surface area contributed by atoms with Gasteiger partial charge in [-0.2, -0.15) is 0 Å². The number of hydrogen-bond donors (Lipinski definition) is 1. The zero-order valence-corrected chi connectivity index (χ0v) is 11.2. The van der Waals surface area contributed by atoms with Crippen molar-refractivity contribution in [2.24, 2.45) is 0 Å². The number of hydrogen-bond acceptors (Lipinski definition) is 2. The van der Waals surface area contributed by atoms with Crippen LogP contribution in [-0.4, -0.2) is 29.1 Å². The summed E-state index contributed by atoms with van der Waals surface area (Å²) in [5, 5.41) is 9.20. The second-order valence-corrected chi connectivity index (χ2v) is 4.80. The molecule has 1 unspecified atom stereocenters. The van der Waals surface area contributed by atoms with Gasteiger partial charge in [0, 0.05) is 6.04 Å². The van der Waals surface area contributed by atoms with E-state index in [0.29, 0.717) is 11.8 Å². The molecular formula is C14H22ClNO. The van der Waals surface area contributed by atoms with Crippen molar-refractivity contribution < 1.29 is 5.11 Å². The molecule has 1 aliphatic heterocycles. The lowest BCUT2D eigenvalue weighted by molar-refractivity contribution is 0.247. The van der Waals surface area contributed by atoms with E-state index in [-0.39, 0.29) is 12.4 Å². The maximum atomic E-state index is 9.20. The molecule has 1 atom stereocenters. The average molecular weight is 256 g/mol. The van der Waals surface area contributed by atoms with Crippen LogP contribution in [0.5, 0.6) is 5.75 Å². The lowest BCUT2D eigenvalue weighted by atomic mass is 10.1. The minimum atomic E-state index is 0. The highest BCUT2D eigenvalue weighted by Gasteiger charge is 2.17. The molecule has 0 bridgehead atoms. The van der Waals surface area contributed by atoms with Crippen LogP contribution in [0.15, 0.2) is 24.3 Å². The predicted octanol–water partition coefficient (Wildman–Crippen LogP) is 3.23. The lowest BCUT2D eigenvalue weighted by Crippen LogP contribution is -2.30. The molecule has 1 aromatic carbocycles. The first-order chi connectivity index (χ1) is 7.75. The molecule has 96 valence electrons. The Morgan fingerprint density at radius 3 is 2.35 bits per heavy atom. The van der Waals surface area contributed by atoms with Gasteiger partial charge in [-0.3, -0.25) is 0 Å². The summed E-state index contributed by atoms with van der Waals surface area (Å²) in [6.07, 6.45) is 5.05. The Morgan fingerprint density at radius 2 is 1.76 bits per heavy atom. The normalized spacial score (nSPS) is 17.7. The molecule has 1 heterocycles. The van der Waals surface area contributed by atoms with E-state index in [4.69, 9.17) is 0 Å². The fourth-order valence-electron chi connectivity index (χ4n) is 2.40. The number of aromatic hydroxyl groups is 1. The summed E-state index contributed by atoms with van der Waals surface area (Å²) in [4.78, 5) is 2.58. The zero-order chi connectivity index (χ0) is 11.4. The Balaban J connectivity index is 0.00000144. The maximum absolute atomic E-state index is 9.20. The van der Waals surface area contributed by atoms with Crippen LogP contribution in [0, 0.1) is 0 Å². The number of aryl methyl sites for hydroxylation is 1. The van der Waals surface area contributed by atoms with Crippen molar-refractivity contribution in [3.05, 3.63) is 29.8 Å². The van der Waals surface area contributed by atoms with E-state index in [9.17, 15) is 5.11 Å². The molecule has 0 aromatic heterocycles. The fourth-order valence-corrected chi connectivity index (χ4v) is 2.40. The Labute approximate surface area is 110 Å². The smallest absolute Gasteiger partial charge is 0.115 e. The molecule has 17 heavy (non-hydrogen) atoms. The summed E-state index contributed by atoms with van der Waals surface area (Å²) >= 11 is 0. The van der Waals surface area contributed by atoms with Crippen molar-refractivity contribution in [2.75, 3.05) is 13.1 Å². The van der Waals surface area contributed by atoms with Gasteiger partial charge in [0.25, 0.3) is 0 Å². The number of benzene rings is 1. The number of rotatable bonds is 4. The molecule has 0 radical (unpaired) electrons. The van der Waals surface area contributed by atoms with E-state index in [1.807, 2.05) is 12.1 Å². The first-order valence-corrected chi connectivity index (χ1v) is 6.27. The second-order valence-electron chi connectivity index (χ2n) is 4.80. The molecule has 1 aromatic rings. The summed E-state index contributed by atoms with van der Waals surface area (Å²) < 4.78 is 0. The number of phenolic OH excluding ortho intramolecular Hbond substituents is 1. The largest absolute Gasteiger partial charge is 0.508 e. The van der Waals surface area contributed by atoms with Gasteiger partial charge >= 0.3 is 0 Å². The van der Waals surface area contributed by atoms with E-state index in [0.717, 1.165) is 6.42 Å². The molecule has 1 N–H and O–H groups in total. The summed E-state index contributed by atoms with van der Waals surface area (Å²) in [7, 11) is 0. The monoisotopic (exact) mass is 255 g/mol. The minimum Gasteiger partial charge on any atom is -0.508 e. The van der Waals surface area contributed by atoms with Gasteiger partial charge < -0.3 is 10.0 Å². The summed E-state index contributed by atoms with van der Waals surface area (Å²) in [6, 6.07) is 8.28. The Hall–Kier alpha value is -0.730. The SMILES string of the molecule is CC(CCc1ccc(O)cc1)N1CCCC1.Cl. The fraction of sp³-hybridized carbons (Fsp3) is 0.571. The number of likely N-dealkylation sites (tertiary alicyclic amines) is 1. The van der Waals surface area contributed by atoms with Gasteiger partial charge in [0.2, 0.25) is 0 Å². The quantitative estimate of drug-likeness (QED) is 0.893. The molecule has 0 spiro atoms. The standard InChI is InChI=1S/C14H21NO.ClH/c1-12(15-10-2-3-11-15)4-5-13-6-8-14(16)9-7-13;/h6-9,12,16H,2-5,10-11H2,1H3;1H. The Kier molecular flexibility index (Phi) is 5.79. The molecule has 0 amide bonds. The van der Waals surface area contributed by atoms with Crippen molar-refractivity contribution in [2.45, 2.75) is 38.6 Å². The van der Waals surface area contributed by atoms with E-state index < -0.39 is 0 Å². The van der Waals surface area contributed by atoms with Gasteiger partial charge in [-0.05, 0) is 63.4 Å². The first kappa shape index (κ1) is 14.3. The van der Waals surface area contributed by atoms with Crippen molar-refractivity contribution >= 4 is 12.4 Å². The maximum Gasteiger partial charge on any atom is 0.115 e. The molecule has 1 fully saturated rings. The summed E-state index contributed by atoms with van der Waals surface area (Å²) in [6.45, 7) is 4.87. The van der Waals surface area contributed by atoms with E-state index in [2.05, 4.69) is 11.8 Å². The van der Waals surface area contributed by atoms with Crippen LogP contribution < -0.4 is 0 Å². The number of halogens is 1. The van der Waals surface area contributed by atoms with Crippen molar-refractivity contribution in [1.82, 2.24) is 4.90 Å². The van der Waals surface area contributed by atoms with Crippen molar-refractivity contribution in [3.8, 4) is 5.75 Å². The van der Waals surface area contributed by atoms with Gasteiger partial charge in [-0.1, -0.05) is 12.1 Å². The van der Waals surface area contributed by atoms with Crippen LogP contribution in [0.1, 0.15) is 31.7 Å². The third kappa shape index (κ3) is 4.21. The van der Waals surface area contributed by atoms with Gasteiger partial charge in [0.1, 0.15) is 5.75 Å². The molecule has 1 aliphatic rings. The number of phenols is 1. The van der Waals surface area contributed by atoms with E-state index in [1.165, 1.54) is 37.9 Å². The molecule has 3 heteroatoms.